The van der Waals surface area contributed by atoms with E-state index in [0.717, 1.165) is 0 Å². The van der Waals surface area contributed by atoms with Crippen LogP contribution in [-0.2, 0) is 5.41 Å². The van der Waals surface area contributed by atoms with E-state index in [1.807, 2.05) is 11.3 Å². The van der Waals surface area contributed by atoms with Crippen molar-refractivity contribution in [3.05, 3.63) is 210 Å². The number of anilines is 3. The van der Waals surface area contributed by atoms with Gasteiger partial charge in [0.05, 0.1) is 27.2 Å². The summed E-state index contributed by atoms with van der Waals surface area (Å²) in [7, 11) is 0. The molecule has 0 aliphatic heterocycles. The third kappa shape index (κ3) is 4.05. The second-order valence-electron chi connectivity index (χ2n) is 12.8. The molecule has 2 heteroatoms. The molecule has 10 rings (SSSR count). The fourth-order valence-electron chi connectivity index (χ4n) is 8.37. The average Bonchev–Trinajstić information content (AvgIpc) is 3.70. The van der Waals surface area contributed by atoms with Crippen LogP contribution in [0, 0.1) is 0 Å². The van der Waals surface area contributed by atoms with Gasteiger partial charge in [-0.2, -0.15) is 0 Å². The van der Waals surface area contributed by atoms with Gasteiger partial charge in [0.2, 0.25) is 0 Å². The molecule has 0 bridgehead atoms. The molecule has 9 aromatic rings. The molecule has 1 heterocycles. The van der Waals surface area contributed by atoms with Crippen molar-refractivity contribution in [1.82, 2.24) is 0 Å². The first-order chi connectivity index (χ1) is 24.3. The lowest BCUT2D eigenvalue weighted by atomic mass is 9.67. The zero-order valence-corrected chi connectivity index (χ0v) is 27.6. The molecule has 0 radical (unpaired) electrons. The summed E-state index contributed by atoms with van der Waals surface area (Å²) in [6, 6.07) is 69.3. The van der Waals surface area contributed by atoms with Crippen molar-refractivity contribution < 1.29 is 0 Å². The van der Waals surface area contributed by atoms with Crippen LogP contribution in [-0.4, -0.2) is 0 Å². The van der Waals surface area contributed by atoms with Gasteiger partial charge in [0.25, 0.3) is 0 Å². The summed E-state index contributed by atoms with van der Waals surface area (Å²) < 4.78 is 2.59. The Morgan fingerprint density at radius 1 is 0.367 bits per heavy atom. The molecule has 1 aliphatic rings. The van der Waals surface area contributed by atoms with Crippen LogP contribution in [0.4, 0.5) is 17.1 Å². The first kappa shape index (κ1) is 28.1. The molecule has 1 aliphatic carbocycles. The summed E-state index contributed by atoms with van der Waals surface area (Å²) in [4.78, 5) is 2.55. The Labute approximate surface area is 290 Å². The molecule has 0 atom stereocenters. The summed E-state index contributed by atoms with van der Waals surface area (Å²) in [6.45, 7) is 0. The Balaban J connectivity index is 1.36. The van der Waals surface area contributed by atoms with Gasteiger partial charge in [-0.25, -0.2) is 0 Å². The fraction of sp³-hybridized carbons (Fsp3) is 0.0213. The first-order valence-electron chi connectivity index (χ1n) is 16.9. The standard InChI is InChI=1S/C47H31NS/c1-2-18-33(19-3-1)47(39-25-9-6-21-35(39)36-22-7-10-26-40(36)47)41-27-11-12-28-43(41)48(42-29-14-17-32-16-4-5-20-34(32)42)44-30-15-24-38-37-23-8-13-31-45(37)49-46(38)44/h1-31H. The molecule has 0 fully saturated rings. The number of benzene rings is 8. The van der Waals surface area contributed by atoms with Gasteiger partial charge in [0.15, 0.2) is 0 Å². The number of rotatable bonds is 5. The van der Waals surface area contributed by atoms with Crippen molar-refractivity contribution in [2.45, 2.75) is 5.41 Å². The Hall–Kier alpha value is -5.96. The summed E-state index contributed by atoms with van der Waals surface area (Å²) in [5, 5.41) is 5.03. The van der Waals surface area contributed by atoms with E-state index in [0.29, 0.717) is 0 Å². The van der Waals surface area contributed by atoms with Gasteiger partial charge in [-0.3, -0.25) is 0 Å². The molecule has 0 spiro atoms. The molecular weight excluding hydrogens is 611 g/mol. The molecule has 8 aromatic carbocycles. The number of hydrogen-bond acceptors (Lipinski definition) is 2. The van der Waals surface area contributed by atoms with Crippen LogP contribution >= 0.6 is 11.3 Å². The van der Waals surface area contributed by atoms with E-state index in [4.69, 9.17) is 0 Å². The fourth-order valence-corrected chi connectivity index (χ4v) is 9.57. The molecule has 0 saturated carbocycles. The summed E-state index contributed by atoms with van der Waals surface area (Å²) >= 11 is 1.88. The topological polar surface area (TPSA) is 3.24 Å². The van der Waals surface area contributed by atoms with Crippen LogP contribution in [0.15, 0.2) is 188 Å². The van der Waals surface area contributed by atoms with E-state index in [1.165, 1.54) is 81.4 Å². The number of hydrogen-bond donors (Lipinski definition) is 0. The summed E-state index contributed by atoms with van der Waals surface area (Å²) in [5.74, 6) is 0. The lowest BCUT2D eigenvalue weighted by Crippen LogP contribution is -2.30. The predicted molar refractivity (Wildman–Crippen MR) is 209 cm³/mol. The van der Waals surface area contributed by atoms with E-state index in [-0.39, 0.29) is 0 Å². The van der Waals surface area contributed by atoms with Gasteiger partial charge in [-0.15, -0.1) is 11.3 Å². The molecular formula is C47H31NS. The molecule has 0 saturated heterocycles. The van der Waals surface area contributed by atoms with E-state index < -0.39 is 5.41 Å². The second kappa shape index (κ2) is 11.1. The van der Waals surface area contributed by atoms with Crippen molar-refractivity contribution in [1.29, 1.82) is 0 Å². The summed E-state index contributed by atoms with van der Waals surface area (Å²) in [6.07, 6.45) is 0. The molecule has 1 aromatic heterocycles. The van der Waals surface area contributed by atoms with Crippen molar-refractivity contribution in [2.75, 3.05) is 4.90 Å². The number of thiophene rings is 1. The van der Waals surface area contributed by atoms with E-state index in [1.54, 1.807) is 0 Å². The Morgan fingerprint density at radius 3 is 1.69 bits per heavy atom. The van der Waals surface area contributed by atoms with E-state index in [2.05, 4.69) is 193 Å². The Morgan fingerprint density at radius 2 is 0.898 bits per heavy atom. The maximum absolute atomic E-state index is 2.55. The Bertz CT molecular complexity index is 2630. The molecule has 49 heavy (non-hydrogen) atoms. The molecule has 1 nitrogen and oxygen atoms in total. The van der Waals surface area contributed by atoms with E-state index in [9.17, 15) is 0 Å². The molecule has 0 unspecified atom stereocenters. The zero-order valence-electron chi connectivity index (χ0n) is 26.8. The van der Waals surface area contributed by atoms with Crippen molar-refractivity contribution in [2.24, 2.45) is 0 Å². The van der Waals surface area contributed by atoms with Crippen molar-refractivity contribution in [3.63, 3.8) is 0 Å². The largest absolute Gasteiger partial charge is 0.308 e. The van der Waals surface area contributed by atoms with Crippen LogP contribution in [0.5, 0.6) is 0 Å². The summed E-state index contributed by atoms with van der Waals surface area (Å²) in [5.41, 5.74) is 10.7. The Kier molecular flexibility index (Phi) is 6.34. The van der Waals surface area contributed by atoms with Gasteiger partial charge >= 0.3 is 0 Å². The molecule has 0 amide bonds. The van der Waals surface area contributed by atoms with E-state index >= 15 is 0 Å². The molecule has 0 N–H and O–H groups in total. The highest BCUT2D eigenvalue weighted by molar-refractivity contribution is 7.26. The smallest absolute Gasteiger partial charge is 0.0733 e. The minimum Gasteiger partial charge on any atom is -0.308 e. The SMILES string of the molecule is c1ccc(C2(c3ccccc3N(c3cccc4ccccc34)c3cccc4c3sc3ccccc34)c3ccccc3-c3ccccc32)cc1. The third-order valence-electron chi connectivity index (χ3n) is 10.3. The highest BCUT2D eigenvalue weighted by Crippen LogP contribution is 2.59. The predicted octanol–water partition coefficient (Wildman–Crippen LogP) is 13.0. The molecule has 230 valence electrons. The van der Waals surface area contributed by atoms with Gasteiger partial charge in [0.1, 0.15) is 0 Å². The van der Waals surface area contributed by atoms with Crippen LogP contribution in [0.3, 0.4) is 0 Å². The van der Waals surface area contributed by atoms with Crippen LogP contribution < -0.4 is 4.90 Å². The lowest BCUT2D eigenvalue weighted by molar-refractivity contribution is 0.768. The van der Waals surface area contributed by atoms with Gasteiger partial charge in [-0.1, -0.05) is 164 Å². The van der Waals surface area contributed by atoms with Crippen molar-refractivity contribution >= 4 is 59.3 Å². The lowest BCUT2D eigenvalue weighted by Gasteiger charge is -2.38. The number of fused-ring (bicyclic) bond motifs is 7. The minimum absolute atomic E-state index is 0.540. The monoisotopic (exact) mass is 641 g/mol. The third-order valence-corrected chi connectivity index (χ3v) is 11.5. The number of para-hydroxylation sites is 1. The number of nitrogens with zero attached hydrogens (tertiary/aromatic N) is 1. The van der Waals surface area contributed by atoms with Gasteiger partial charge in [0, 0.05) is 20.9 Å². The van der Waals surface area contributed by atoms with Crippen molar-refractivity contribution in [3.8, 4) is 11.1 Å². The van der Waals surface area contributed by atoms with Gasteiger partial charge < -0.3 is 4.90 Å². The first-order valence-corrected chi connectivity index (χ1v) is 17.7. The zero-order chi connectivity index (χ0) is 32.4. The highest BCUT2D eigenvalue weighted by atomic mass is 32.1. The van der Waals surface area contributed by atoms with Crippen LogP contribution in [0.2, 0.25) is 0 Å². The maximum Gasteiger partial charge on any atom is 0.0733 e. The van der Waals surface area contributed by atoms with Crippen LogP contribution in [0.25, 0.3) is 42.1 Å². The second-order valence-corrected chi connectivity index (χ2v) is 13.9. The van der Waals surface area contributed by atoms with Crippen LogP contribution in [0.1, 0.15) is 22.3 Å². The minimum atomic E-state index is -0.540. The quantitative estimate of drug-likeness (QED) is 0.181. The maximum atomic E-state index is 2.55. The van der Waals surface area contributed by atoms with Gasteiger partial charge in [-0.05, 0) is 63.0 Å². The highest BCUT2D eigenvalue weighted by Gasteiger charge is 2.47. The normalized spacial score (nSPS) is 13.1. The average molecular weight is 642 g/mol.